The van der Waals surface area contributed by atoms with E-state index in [-0.39, 0.29) is 18.3 Å². The Balaban J connectivity index is 1.21. The molecule has 4 bridgehead atoms. The van der Waals surface area contributed by atoms with Gasteiger partial charge >= 0.3 is 0 Å². The second kappa shape index (κ2) is 7.20. The topological polar surface area (TPSA) is 56.2 Å². The molecule has 138 valence electrons. The molecular weight excluding hydrogens is 304 g/mol. The lowest BCUT2D eigenvalue weighted by molar-refractivity contribution is -0.176. The number of hydrogen-bond acceptors (Lipinski definition) is 5. The van der Waals surface area contributed by atoms with Crippen molar-refractivity contribution in [3.63, 3.8) is 0 Å². The highest BCUT2D eigenvalue weighted by Crippen LogP contribution is 2.57. The summed E-state index contributed by atoms with van der Waals surface area (Å²) in [6, 6.07) is 0. The first-order valence-electron chi connectivity index (χ1n) is 10.0. The van der Waals surface area contributed by atoms with Crippen molar-refractivity contribution in [3.8, 4) is 0 Å². The van der Waals surface area contributed by atoms with Crippen molar-refractivity contribution in [2.45, 2.75) is 50.2 Å². The van der Waals surface area contributed by atoms with E-state index in [0.717, 1.165) is 57.0 Å². The van der Waals surface area contributed by atoms with Crippen LogP contribution in [-0.2, 0) is 4.74 Å². The Bertz CT molecular complexity index is 388. The summed E-state index contributed by atoms with van der Waals surface area (Å²) in [4.78, 5) is 4.62. The summed E-state index contributed by atoms with van der Waals surface area (Å²) < 4.78 is 6.39. The van der Waals surface area contributed by atoms with Crippen molar-refractivity contribution in [2.75, 3.05) is 52.5 Å². The second-order valence-electron chi connectivity index (χ2n) is 8.93. The van der Waals surface area contributed by atoms with E-state index >= 15 is 0 Å². The molecular formula is C19H34N2O3. The van der Waals surface area contributed by atoms with Gasteiger partial charge in [0, 0.05) is 39.3 Å². The highest BCUT2D eigenvalue weighted by Gasteiger charge is 2.51. The number of rotatable bonds is 7. The number of piperazine rings is 1. The molecule has 5 aliphatic rings. The van der Waals surface area contributed by atoms with E-state index in [0.29, 0.717) is 6.61 Å². The van der Waals surface area contributed by atoms with Crippen LogP contribution in [0.5, 0.6) is 0 Å². The summed E-state index contributed by atoms with van der Waals surface area (Å²) in [5, 5.41) is 19.5. The molecule has 0 spiro atoms. The molecule has 0 radical (unpaired) electrons. The second-order valence-corrected chi connectivity index (χ2v) is 8.93. The van der Waals surface area contributed by atoms with Gasteiger partial charge in [0.1, 0.15) is 0 Å². The van der Waals surface area contributed by atoms with Crippen LogP contribution in [0.2, 0.25) is 0 Å². The van der Waals surface area contributed by atoms with Gasteiger partial charge in [0.2, 0.25) is 0 Å². The molecule has 1 atom stereocenters. The standard InChI is InChI=1S/C19H34N2O3/c22-6-5-20-1-3-21(4-2-20)13-18(23)14-24-19-10-15-7-16(11-19)9-17(8-15)12-19/h15-18,22-23H,1-14H2/t15?,16?,17?,18-,19?/m1/s1. The van der Waals surface area contributed by atoms with Crippen LogP contribution in [0.1, 0.15) is 38.5 Å². The van der Waals surface area contributed by atoms with Crippen LogP contribution in [0.3, 0.4) is 0 Å². The first kappa shape index (κ1) is 17.2. The molecule has 0 aromatic heterocycles. The fraction of sp³-hybridized carbons (Fsp3) is 1.00. The number of nitrogens with zero attached hydrogens (tertiary/aromatic N) is 2. The highest BCUT2D eigenvalue weighted by molar-refractivity contribution is 5.03. The van der Waals surface area contributed by atoms with Crippen LogP contribution in [0.15, 0.2) is 0 Å². The highest BCUT2D eigenvalue weighted by atomic mass is 16.5. The summed E-state index contributed by atoms with van der Waals surface area (Å²) in [7, 11) is 0. The lowest BCUT2D eigenvalue weighted by atomic mass is 9.54. The Kier molecular flexibility index (Phi) is 5.17. The molecule has 4 saturated carbocycles. The zero-order valence-electron chi connectivity index (χ0n) is 14.9. The Morgan fingerprint density at radius 3 is 2.00 bits per heavy atom. The molecule has 1 heterocycles. The molecule has 24 heavy (non-hydrogen) atoms. The zero-order valence-corrected chi connectivity index (χ0v) is 14.9. The summed E-state index contributed by atoms with van der Waals surface area (Å²) >= 11 is 0. The summed E-state index contributed by atoms with van der Waals surface area (Å²) in [5.41, 5.74) is 0.107. The molecule has 5 nitrogen and oxygen atoms in total. The van der Waals surface area contributed by atoms with Crippen molar-refractivity contribution < 1.29 is 14.9 Å². The number of ether oxygens (including phenoxy) is 1. The van der Waals surface area contributed by atoms with Gasteiger partial charge in [-0.05, 0) is 56.3 Å². The van der Waals surface area contributed by atoms with Crippen molar-refractivity contribution in [2.24, 2.45) is 17.8 Å². The Morgan fingerprint density at radius 1 is 0.917 bits per heavy atom. The predicted octanol–water partition coefficient (Wildman–Crippen LogP) is 0.943. The van der Waals surface area contributed by atoms with Crippen LogP contribution < -0.4 is 0 Å². The van der Waals surface area contributed by atoms with E-state index in [1.54, 1.807) is 0 Å². The first-order valence-corrected chi connectivity index (χ1v) is 10.0. The molecule has 5 fully saturated rings. The average molecular weight is 338 g/mol. The third-order valence-electron chi connectivity index (χ3n) is 6.91. The Morgan fingerprint density at radius 2 is 1.46 bits per heavy atom. The largest absolute Gasteiger partial charge is 0.395 e. The van der Waals surface area contributed by atoms with Gasteiger partial charge in [0.15, 0.2) is 0 Å². The molecule has 0 amide bonds. The number of β-amino-alcohol motifs (C(OH)–C–C–N with tert-alkyl or cyclic N) is 2. The molecule has 0 unspecified atom stereocenters. The summed E-state index contributed by atoms with van der Waals surface area (Å²) in [6.07, 6.45) is 7.65. The molecule has 5 heteroatoms. The average Bonchev–Trinajstić information content (AvgIpc) is 2.54. The van der Waals surface area contributed by atoms with Gasteiger partial charge in [-0.2, -0.15) is 0 Å². The maximum Gasteiger partial charge on any atom is 0.0900 e. The van der Waals surface area contributed by atoms with E-state index < -0.39 is 0 Å². The van der Waals surface area contributed by atoms with Crippen molar-refractivity contribution in [1.29, 1.82) is 0 Å². The van der Waals surface area contributed by atoms with Crippen LogP contribution in [0.4, 0.5) is 0 Å². The maximum absolute atomic E-state index is 10.5. The molecule has 1 aliphatic heterocycles. The van der Waals surface area contributed by atoms with Gasteiger partial charge in [0.05, 0.1) is 24.9 Å². The van der Waals surface area contributed by atoms with Gasteiger partial charge in [-0.25, -0.2) is 0 Å². The van der Waals surface area contributed by atoms with Crippen LogP contribution >= 0.6 is 0 Å². The molecule has 1 saturated heterocycles. The van der Waals surface area contributed by atoms with Crippen molar-refractivity contribution >= 4 is 0 Å². The minimum Gasteiger partial charge on any atom is -0.395 e. The smallest absolute Gasteiger partial charge is 0.0900 e. The number of hydrogen-bond donors (Lipinski definition) is 2. The fourth-order valence-electron chi connectivity index (χ4n) is 6.17. The Hall–Kier alpha value is -0.200. The first-order chi connectivity index (χ1) is 11.6. The van der Waals surface area contributed by atoms with E-state index in [1.165, 1.54) is 38.5 Å². The SMILES string of the molecule is OCCN1CCN(C[C@@H](O)COC23CC4CC(CC(C4)C2)C3)CC1. The van der Waals surface area contributed by atoms with Crippen LogP contribution in [0.25, 0.3) is 0 Å². The maximum atomic E-state index is 10.5. The predicted molar refractivity (Wildman–Crippen MR) is 92.8 cm³/mol. The van der Waals surface area contributed by atoms with E-state index in [4.69, 9.17) is 9.84 Å². The van der Waals surface area contributed by atoms with Gasteiger partial charge in [-0.15, -0.1) is 0 Å². The fourth-order valence-corrected chi connectivity index (χ4v) is 6.17. The third kappa shape index (κ3) is 3.80. The Labute approximate surface area is 146 Å². The van der Waals surface area contributed by atoms with Gasteiger partial charge in [-0.1, -0.05) is 0 Å². The van der Waals surface area contributed by atoms with E-state index in [9.17, 15) is 5.11 Å². The van der Waals surface area contributed by atoms with Gasteiger partial charge in [-0.3, -0.25) is 9.80 Å². The molecule has 4 aliphatic carbocycles. The molecule has 0 aromatic carbocycles. The van der Waals surface area contributed by atoms with E-state index in [1.807, 2.05) is 0 Å². The van der Waals surface area contributed by atoms with Crippen molar-refractivity contribution in [3.05, 3.63) is 0 Å². The zero-order chi connectivity index (χ0) is 16.6. The van der Waals surface area contributed by atoms with Crippen LogP contribution in [-0.4, -0.2) is 84.2 Å². The molecule has 0 aromatic rings. The van der Waals surface area contributed by atoms with Gasteiger partial charge < -0.3 is 14.9 Å². The minimum absolute atomic E-state index is 0.107. The lowest BCUT2D eigenvalue weighted by Crippen LogP contribution is -2.53. The molecule has 5 rings (SSSR count). The quantitative estimate of drug-likeness (QED) is 0.724. The summed E-state index contributed by atoms with van der Waals surface area (Å²) in [5.74, 6) is 2.69. The minimum atomic E-state index is -0.373. The lowest BCUT2D eigenvalue weighted by Gasteiger charge is -2.56. The normalized spacial score (nSPS) is 41.0. The monoisotopic (exact) mass is 338 g/mol. The van der Waals surface area contributed by atoms with Gasteiger partial charge in [0.25, 0.3) is 0 Å². The van der Waals surface area contributed by atoms with E-state index in [2.05, 4.69) is 9.80 Å². The van der Waals surface area contributed by atoms with Crippen LogP contribution in [0, 0.1) is 17.8 Å². The number of aliphatic hydroxyl groups is 2. The van der Waals surface area contributed by atoms with Crippen molar-refractivity contribution in [1.82, 2.24) is 9.80 Å². The third-order valence-corrected chi connectivity index (χ3v) is 6.91. The molecule has 2 N–H and O–H groups in total. The number of aliphatic hydroxyl groups excluding tert-OH is 2. The summed E-state index contributed by atoms with van der Waals surface area (Å²) in [6.45, 7) is 6.17.